The summed E-state index contributed by atoms with van der Waals surface area (Å²) in [5.74, 6) is -1.20. The molecule has 1 heterocycles. The Labute approximate surface area is 97.6 Å². The molecule has 0 radical (unpaired) electrons. The van der Waals surface area contributed by atoms with Crippen LogP contribution in [0.2, 0.25) is 0 Å². The number of hydrogen-bond acceptors (Lipinski definition) is 3. The third-order valence-electron chi connectivity index (χ3n) is 1.66. The van der Waals surface area contributed by atoms with E-state index in [1.54, 1.807) is 0 Å². The normalized spacial score (nSPS) is 10.7. The summed E-state index contributed by atoms with van der Waals surface area (Å²) in [6, 6.07) is 1.32. The van der Waals surface area contributed by atoms with Crippen molar-refractivity contribution in [2.45, 2.75) is 12.8 Å². The predicted molar refractivity (Wildman–Crippen MR) is 57.7 cm³/mol. The van der Waals surface area contributed by atoms with Crippen LogP contribution in [-0.4, -0.2) is 16.1 Å². The lowest BCUT2D eigenvalue weighted by Crippen LogP contribution is -2.08. The number of carboxylic acid groups (broad SMARTS) is 1. The molecule has 3 N–H and O–H groups in total. The van der Waals surface area contributed by atoms with Crippen LogP contribution in [-0.2, 0) is 11.2 Å². The second-order valence-electron chi connectivity index (χ2n) is 2.77. The predicted octanol–water partition coefficient (Wildman–Crippen LogP) is 1.83. The summed E-state index contributed by atoms with van der Waals surface area (Å²) >= 11 is 1.81. The molecule has 0 fully saturated rings. The minimum atomic E-state index is -2.82. The number of nitrogens with two attached hydrogens (primary N) is 1. The summed E-state index contributed by atoms with van der Waals surface area (Å²) in [6.45, 7) is 0. The Morgan fingerprint density at radius 3 is 2.73 bits per heavy atom. The molecule has 0 spiro atoms. The first kappa shape index (κ1) is 12.1. The summed E-state index contributed by atoms with van der Waals surface area (Å²) in [7, 11) is 0. The number of pyridine rings is 1. The first-order valence-corrected chi connectivity index (χ1v) is 4.94. The Hall–Kier alpha value is -0.990. The smallest absolute Gasteiger partial charge is 0.307 e. The number of aromatic nitrogens is 1. The Balaban J connectivity index is 3.21. The topological polar surface area (TPSA) is 76.2 Å². The highest BCUT2D eigenvalue weighted by Crippen LogP contribution is 2.25. The number of aliphatic carboxylic acids is 1. The molecule has 4 nitrogen and oxygen atoms in total. The minimum absolute atomic E-state index is 0.00361. The highest BCUT2D eigenvalue weighted by molar-refractivity contribution is 14.1. The van der Waals surface area contributed by atoms with Gasteiger partial charge in [-0.15, -0.1) is 0 Å². The van der Waals surface area contributed by atoms with Gasteiger partial charge in [0.25, 0.3) is 6.43 Å². The fourth-order valence-corrected chi connectivity index (χ4v) is 1.55. The van der Waals surface area contributed by atoms with E-state index in [1.165, 1.54) is 6.07 Å². The van der Waals surface area contributed by atoms with Gasteiger partial charge in [-0.05, 0) is 34.2 Å². The van der Waals surface area contributed by atoms with Crippen LogP contribution in [0.25, 0.3) is 0 Å². The molecule has 82 valence electrons. The van der Waals surface area contributed by atoms with Crippen LogP contribution in [0.5, 0.6) is 0 Å². The van der Waals surface area contributed by atoms with Gasteiger partial charge in [0.05, 0.1) is 9.99 Å². The number of carbonyl (C=O) groups is 1. The Morgan fingerprint density at radius 2 is 2.27 bits per heavy atom. The van der Waals surface area contributed by atoms with Crippen LogP contribution in [0.4, 0.5) is 14.6 Å². The van der Waals surface area contributed by atoms with Crippen LogP contribution < -0.4 is 5.73 Å². The van der Waals surface area contributed by atoms with Gasteiger partial charge in [0.2, 0.25) is 0 Å². The van der Waals surface area contributed by atoms with E-state index in [4.69, 9.17) is 10.8 Å². The molecule has 0 bridgehead atoms. The molecule has 1 aromatic rings. The van der Waals surface area contributed by atoms with Crippen molar-refractivity contribution in [1.29, 1.82) is 0 Å². The SMILES string of the molecule is Nc1nc(C(F)F)c(CC(=O)O)cc1I. The molecule has 1 aromatic heterocycles. The van der Waals surface area contributed by atoms with Gasteiger partial charge < -0.3 is 10.8 Å². The third kappa shape index (κ3) is 2.98. The average molecular weight is 328 g/mol. The van der Waals surface area contributed by atoms with E-state index in [2.05, 4.69) is 4.98 Å². The monoisotopic (exact) mass is 328 g/mol. The molecule has 0 amide bonds. The number of halogens is 3. The standard InChI is InChI=1S/C8H7F2IN2O2/c9-7(10)6-3(2-5(14)15)1-4(11)8(12)13-6/h1,7H,2H2,(H2,12,13)(H,14,15). The highest BCUT2D eigenvalue weighted by atomic mass is 127. The van der Waals surface area contributed by atoms with Gasteiger partial charge >= 0.3 is 5.97 Å². The number of anilines is 1. The van der Waals surface area contributed by atoms with E-state index in [-0.39, 0.29) is 11.4 Å². The van der Waals surface area contributed by atoms with E-state index >= 15 is 0 Å². The molecule has 0 aromatic carbocycles. The number of nitrogens with zero attached hydrogens (tertiary/aromatic N) is 1. The van der Waals surface area contributed by atoms with Crippen molar-refractivity contribution < 1.29 is 18.7 Å². The Bertz CT molecular complexity index is 398. The molecule has 0 saturated heterocycles. The molecule has 0 aliphatic heterocycles. The summed E-state index contributed by atoms with van der Waals surface area (Å²) in [4.78, 5) is 13.9. The number of nitrogen functional groups attached to an aromatic ring is 1. The van der Waals surface area contributed by atoms with Crippen molar-refractivity contribution in [3.63, 3.8) is 0 Å². The van der Waals surface area contributed by atoms with Crippen molar-refractivity contribution in [1.82, 2.24) is 4.98 Å². The third-order valence-corrected chi connectivity index (χ3v) is 2.53. The van der Waals surface area contributed by atoms with Gasteiger partial charge in [-0.2, -0.15) is 0 Å². The highest BCUT2D eigenvalue weighted by Gasteiger charge is 2.18. The zero-order valence-corrected chi connectivity index (χ0v) is 9.53. The van der Waals surface area contributed by atoms with Gasteiger partial charge in [-0.3, -0.25) is 4.79 Å². The molecule has 0 unspecified atom stereocenters. The quantitative estimate of drug-likeness (QED) is 0.830. The molecular formula is C8H7F2IN2O2. The Morgan fingerprint density at radius 1 is 1.67 bits per heavy atom. The number of rotatable bonds is 3. The van der Waals surface area contributed by atoms with Crippen molar-refractivity contribution in [3.05, 3.63) is 20.9 Å². The summed E-state index contributed by atoms with van der Waals surface area (Å²) < 4.78 is 25.4. The number of carboxylic acids is 1. The lowest BCUT2D eigenvalue weighted by molar-refractivity contribution is -0.136. The molecule has 7 heteroatoms. The zero-order chi connectivity index (χ0) is 11.6. The van der Waals surface area contributed by atoms with Crippen molar-refractivity contribution in [2.24, 2.45) is 0 Å². The van der Waals surface area contributed by atoms with Crippen LogP contribution in [0, 0.1) is 3.57 Å². The summed E-state index contributed by atoms with van der Waals surface area (Å²) in [5.41, 5.74) is 4.80. The maximum Gasteiger partial charge on any atom is 0.307 e. The lowest BCUT2D eigenvalue weighted by Gasteiger charge is -2.08. The zero-order valence-electron chi connectivity index (χ0n) is 7.38. The molecule has 0 saturated carbocycles. The Kier molecular flexibility index (Phi) is 3.77. The maximum atomic E-state index is 12.5. The van der Waals surface area contributed by atoms with E-state index in [1.807, 2.05) is 22.6 Å². The van der Waals surface area contributed by atoms with E-state index < -0.39 is 24.5 Å². The second kappa shape index (κ2) is 4.69. The fourth-order valence-electron chi connectivity index (χ4n) is 1.05. The van der Waals surface area contributed by atoms with Gasteiger partial charge in [0, 0.05) is 0 Å². The van der Waals surface area contributed by atoms with E-state index in [9.17, 15) is 13.6 Å². The van der Waals surface area contributed by atoms with Crippen LogP contribution >= 0.6 is 22.6 Å². The first-order chi connectivity index (χ1) is 6.91. The fraction of sp³-hybridized carbons (Fsp3) is 0.250. The van der Waals surface area contributed by atoms with Crippen molar-refractivity contribution >= 4 is 34.4 Å². The summed E-state index contributed by atoms with van der Waals surface area (Å²) in [6.07, 6.45) is -3.30. The first-order valence-electron chi connectivity index (χ1n) is 3.86. The van der Waals surface area contributed by atoms with Crippen molar-refractivity contribution in [3.8, 4) is 0 Å². The van der Waals surface area contributed by atoms with Gasteiger partial charge in [0.1, 0.15) is 11.5 Å². The number of hydrogen-bond donors (Lipinski definition) is 2. The maximum absolute atomic E-state index is 12.5. The minimum Gasteiger partial charge on any atom is -0.481 e. The average Bonchev–Trinajstić information content (AvgIpc) is 2.09. The van der Waals surface area contributed by atoms with Crippen LogP contribution in [0.3, 0.4) is 0 Å². The van der Waals surface area contributed by atoms with E-state index in [0.717, 1.165) is 0 Å². The molecule has 0 aliphatic rings. The van der Waals surface area contributed by atoms with Crippen LogP contribution in [0.15, 0.2) is 6.07 Å². The van der Waals surface area contributed by atoms with E-state index in [0.29, 0.717) is 3.57 Å². The summed E-state index contributed by atoms with van der Waals surface area (Å²) in [5, 5.41) is 8.53. The van der Waals surface area contributed by atoms with Gasteiger partial charge in [0.15, 0.2) is 0 Å². The molecule has 15 heavy (non-hydrogen) atoms. The molecule has 0 atom stereocenters. The molecule has 1 rings (SSSR count). The van der Waals surface area contributed by atoms with Gasteiger partial charge in [-0.1, -0.05) is 0 Å². The molecular weight excluding hydrogens is 321 g/mol. The number of alkyl halides is 2. The largest absolute Gasteiger partial charge is 0.481 e. The molecule has 0 aliphatic carbocycles. The second-order valence-corrected chi connectivity index (χ2v) is 3.93. The van der Waals surface area contributed by atoms with Gasteiger partial charge in [-0.25, -0.2) is 13.8 Å². The lowest BCUT2D eigenvalue weighted by atomic mass is 10.1. The van der Waals surface area contributed by atoms with Crippen molar-refractivity contribution in [2.75, 3.05) is 5.73 Å². The van der Waals surface area contributed by atoms with Crippen LogP contribution in [0.1, 0.15) is 17.7 Å².